The molecule has 0 spiro atoms. The molecule has 1 nitrogen and oxygen atoms in total. The smallest absolute Gasteiger partial charge is 0.0792 e. The van der Waals surface area contributed by atoms with E-state index in [-0.39, 0.29) is 0 Å². The molecule has 0 unspecified atom stereocenters. The summed E-state index contributed by atoms with van der Waals surface area (Å²) < 4.78 is 0. The molecule has 4 rings (SSSR count). The number of nitrogens with zero attached hydrogens (tertiary/aromatic N) is 1. The highest BCUT2D eigenvalue weighted by Gasteiger charge is 2.08. The van der Waals surface area contributed by atoms with Crippen LogP contribution >= 0.6 is 0 Å². The summed E-state index contributed by atoms with van der Waals surface area (Å²) >= 11 is 0. The van der Waals surface area contributed by atoms with Gasteiger partial charge in [-0.15, -0.1) is 0 Å². The van der Waals surface area contributed by atoms with Crippen molar-refractivity contribution >= 4 is 33.8 Å². The predicted octanol–water partition coefficient (Wildman–Crippen LogP) is 2.91. The van der Waals surface area contributed by atoms with Gasteiger partial charge in [-0.3, -0.25) is 4.98 Å². The third kappa shape index (κ3) is 0.878. The minimum atomic E-state index is 1.12. The molecular formula is C15H9N. The van der Waals surface area contributed by atoms with E-state index in [0.29, 0.717) is 0 Å². The van der Waals surface area contributed by atoms with Gasteiger partial charge in [0.1, 0.15) is 0 Å². The number of fused-ring (bicyclic) bond motifs is 2. The van der Waals surface area contributed by atoms with Crippen LogP contribution in [0.1, 0.15) is 5.56 Å². The number of benzene rings is 2. The molecular weight excluding hydrogens is 194 g/mol. The maximum Gasteiger partial charge on any atom is 0.0792 e. The van der Waals surface area contributed by atoms with Gasteiger partial charge in [-0.05, 0) is 28.5 Å². The first-order chi connectivity index (χ1) is 7.93. The molecule has 0 bridgehead atoms. The third-order valence-electron chi connectivity index (χ3n) is 3.24. The van der Waals surface area contributed by atoms with Crippen LogP contribution in [-0.4, -0.2) is 4.98 Å². The first-order valence-corrected chi connectivity index (χ1v) is 5.42. The van der Waals surface area contributed by atoms with Gasteiger partial charge in [0, 0.05) is 16.8 Å². The maximum absolute atomic E-state index is 4.53. The molecule has 0 saturated carbocycles. The average molecular weight is 203 g/mol. The summed E-state index contributed by atoms with van der Waals surface area (Å²) in [6.07, 6.45) is 8.27. The van der Waals surface area contributed by atoms with Crippen LogP contribution < -0.4 is 5.22 Å². The van der Waals surface area contributed by atoms with Crippen LogP contribution in [0.15, 0.2) is 42.6 Å². The van der Waals surface area contributed by atoms with E-state index >= 15 is 0 Å². The lowest BCUT2D eigenvalue weighted by molar-refractivity contribution is 1.41. The van der Waals surface area contributed by atoms with Crippen molar-refractivity contribution in [1.29, 1.82) is 0 Å². The Morgan fingerprint density at radius 3 is 2.94 bits per heavy atom. The van der Waals surface area contributed by atoms with Gasteiger partial charge < -0.3 is 0 Å². The van der Waals surface area contributed by atoms with Crippen LogP contribution in [0.5, 0.6) is 0 Å². The molecule has 0 atom stereocenters. The molecule has 16 heavy (non-hydrogen) atoms. The molecule has 1 aromatic heterocycles. The molecule has 3 aromatic rings. The number of hydrogen-bond acceptors (Lipinski definition) is 1. The zero-order valence-corrected chi connectivity index (χ0v) is 8.64. The highest BCUT2D eigenvalue weighted by molar-refractivity contribution is 6.10. The van der Waals surface area contributed by atoms with Gasteiger partial charge in [0.2, 0.25) is 0 Å². The Hall–Kier alpha value is -2.15. The first-order valence-electron chi connectivity index (χ1n) is 5.42. The Labute approximate surface area is 92.7 Å². The first kappa shape index (κ1) is 8.05. The highest BCUT2D eigenvalue weighted by atomic mass is 14.6. The second kappa shape index (κ2) is 2.70. The van der Waals surface area contributed by atoms with Crippen LogP contribution in [0.3, 0.4) is 0 Å². The second-order valence-corrected chi connectivity index (χ2v) is 4.14. The quantitative estimate of drug-likeness (QED) is 0.547. The predicted molar refractivity (Wildman–Crippen MR) is 68.0 cm³/mol. The van der Waals surface area contributed by atoms with E-state index in [1.54, 1.807) is 0 Å². The lowest BCUT2D eigenvalue weighted by atomic mass is 10.0. The van der Waals surface area contributed by atoms with Crippen LogP contribution in [0, 0.1) is 0 Å². The zero-order chi connectivity index (χ0) is 10.5. The van der Waals surface area contributed by atoms with Crippen LogP contribution in [-0.2, 0) is 0 Å². The topological polar surface area (TPSA) is 12.9 Å². The third-order valence-corrected chi connectivity index (χ3v) is 3.24. The van der Waals surface area contributed by atoms with Crippen molar-refractivity contribution in [3.05, 3.63) is 53.4 Å². The summed E-state index contributed by atoms with van der Waals surface area (Å²) in [7, 11) is 0. The molecule has 2 aromatic carbocycles. The van der Waals surface area contributed by atoms with E-state index in [4.69, 9.17) is 0 Å². The Morgan fingerprint density at radius 1 is 1.00 bits per heavy atom. The molecule has 1 heteroatoms. The largest absolute Gasteiger partial charge is 0.256 e. The van der Waals surface area contributed by atoms with E-state index in [9.17, 15) is 0 Å². The Bertz CT molecular complexity index is 792. The van der Waals surface area contributed by atoms with Gasteiger partial charge in [0.15, 0.2) is 0 Å². The standard InChI is InChI=1S/C15H9N/c1-3-10-7-8-16-15-13-6-2-4-11(13)9-12(5-1)14(10)15/h1-9H. The number of pyridine rings is 1. The molecule has 1 aliphatic rings. The normalized spacial score (nSPS) is 13.2. The molecule has 0 amide bonds. The molecule has 0 saturated heterocycles. The average Bonchev–Trinajstić information content (AvgIpc) is 2.78. The zero-order valence-electron chi connectivity index (χ0n) is 8.64. The SMILES string of the molecule is C1=Cc2cc3cccc4ccnc(c2=C1)c43. The van der Waals surface area contributed by atoms with Gasteiger partial charge in [-0.2, -0.15) is 0 Å². The fraction of sp³-hybridized carbons (Fsp3) is 0. The fourth-order valence-electron chi connectivity index (χ4n) is 2.53. The molecule has 0 fully saturated rings. The van der Waals surface area contributed by atoms with Crippen molar-refractivity contribution in [3.8, 4) is 0 Å². The van der Waals surface area contributed by atoms with Crippen molar-refractivity contribution in [2.24, 2.45) is 0 Å². The molecule has 1 aliphatic carbocycles. The molecule has 0 aliphatic heterocycles. The van der Waals surface area contributed by atoms with Crippen molar-refractivity contribution in [2.75, 3.05) is 0 Å². The monoisotopic (exact) mass is 203 g/mol. The van der Waals surface area contributed by atoms with E-state index in [2.05, 4.69) is 53.5 Å². The minimum absolute atomic E-state index is 1.12. The molecule has 0 N–H and O–H groups in total. The number of rotatable bonds is 0. The number of allylic oxidation sites excluding steroid dienone is 1. The van der Waals surface area contributed by atoms with Crippen LogP contribution in [0.4, 0.5) is 0 Å². The van der Waals surface area contributed by atoms with Gasteiger partial charge in [0.25, 0.3) is 0 Å². The summed E-state index contributed by atoms with van der Waals surface area (Å²) in [4.78, 5) is 4.53. The summed E-state index contributed by atoms with van der Waals surface area (Å²) in [5.41, 5.74) is 2.40. The summed E-state index contributed by atoms with van der Waals surface area (Å²) in [6, 6.07) is 10.7. The lowest BCUT2D eigenvalue weighted by Crippen LogP contribution is -2.06. The van der Waals surface area contributed by atoms with E-state index in [0.717, 1.165) is 5.52 Å². The summed E-state index contributed by atoms with van der Waals surface area (Å²) in [5.74, 6) is 0. The Morgan fingerprint density at radius 2 is 1.94 bits per heavy atom. The fourth-order valence-corrected chi connectivity index (χ4v) is 2.53. The Kier molecular flexibility index (Phi) is 1.36. The van der Waals surface area contributed by atoms with Gasteiger partial charge in [-0.25, -0.2) is 0 Å². The van der Waals surface area contributed by atoms with Gasteiger partial charge >= 0.3 is 0 Å². The van der Waals surface area contributed by atoms with Crippen molar-refractivity contribution in [2.45, 2.75) is 0 Å². The number of aromatic nitrogens is 1. The lowest BCUT2D eigenvalue weighted by Gasteiger charge is -2.06. The van der Waals surface area contributed by atoms with E-state index in [1.165, 1.54) is 26.9 Å². The molecule has 1 heterocycles. The van der Waals surface area contributed by atoms with Crippen molar-refractivity contribution in [1.82, 2.24) is 4.98 Å². The van der Waals surface area contributed by atoms with Crippen LogP contribution in [0.25, 0.3) is 33.8 Å². The van der Waals surface area contributed by atoms with Crippen LogP contribution in [0.2, 0.25) is 0 Å². The van der Waals surface area contributed by atoms with Gasteiger partial charge in [0.05, 0.1) is 5.52 Å². The van der Waals surface area contributed by atoms with Crippen molar-refractivity contribution in [3.63, 3.8) is 0 Å². The summed E-state index contributed by atoms with van der Waals surface area (Å²) in [5, 5.41) is 5.08. The highest BCUT2D eigenvalue weighted by Crippen LogP contribution is 2.25. The Balaban J connectivity index is 2.44. The van der Waals surface area contributed by atoms with Crippen molar-refractivity contribution < 1.29 is 0 Å². The molecule has 74 valence electrons. The number of hydrogen-bond donors (Lipinski definition) is 0. The maximum atomic E-state index is 4.53. The molecule has 0 radical (unpaired) electrons. The minimum Gasteiger partial charge on any atom is -0.256 e. The second-order valence-electron chi connectivity index (χ2n) is 4.14. The van der Waals surface area contributed by atoms with E-state index < -0.39 is 0 Å². The van der Waals surface area contributed by atoms with Gasteiger partial charge in [-0.1, -0.05) is 36.4 Å². The summed E-state index contributed by atoms with van der Waals surface area (Å²) in [6.45, 7) is 0. The van der Waals surface area contributed by atoms with E-state index in [1.807, 2.05) is 6.20 Å².